The zero-order valence-corrected chi connectivity index (χ0v) is 20.2. The third-order valence-corrected chi connectivity index (χ3v) is 4.81. The number of halogens is 1. The molecule has 0 unspecified atom stereocenters. The van der Waals surface area contributed by atoms with Crippen LogP contribution in [0.15, 0.2) is 89.8 Å². The van der Waals surface area contributed by atoms with E-state index in [0.29, 0.717) is 16.6 Å². The Morgan fingerprint density at radius 3 is 1.67 bits per heavy atom. The maximum absolute atomic E-state index is 11.2. The highest BCUT2D eigenvalue weighted by Gasteiger charge is 2.09. The number of ether oxygens (including phenoxy) is 2. The second kappa shape index (κ2) is 16.9. The van der Waals surface area contributed by atoms with E-state index >= 15 is 0 Å². The van der Waals surface area contributed by atoms with Crippen LogP contribution in [0.5, 0.6) is 0 Å². The molecular formula is C26H32BBrN2O6. The summed E-state index contributed by atoms with van der Waals surface area (Å²) in [6.07, 6.45) is 3.23. The van der Waals surface area contributed by atoms with E-state index in [1.165, 1.54) is 14.2 Å². The lowest BCUT2D eigenvalue weighted by atomic mass is 9.81. The lowest BCUT2D eigenvalue weighted by molar-refractivity contribution is 0.0592. The smallest absolute Gasteiger partial charge is 0.465 e. The first-order valence-electron chi connectivity index (χ1n) is 10.0. The van der Waals surface area contributed by atoms with Crippen LogP contribution in [-0.2, 0) is 9.47 Å². The zero-order valence-electron chi connectivity index (χ0n) is 18.6. The maximum atomic E-state index is 11.2. The predicted molar refractivity (Wildman–Crippen MR) is 147 cm³/mol. The summed E-state index contributed by atoms with van der Waals surface area (Å²) in [7, 11) is 1.38. The SMILES string of the molecule is C.C.COC(=O)c1c[nH]c(-c2ccccc2)c1.COC(=O)c1c[nH]c(Br)c1.OB(O)c1ccccc1. The van der Waals surface area contributed by atoms with Crippen LogP contribution in [-0.4, -0.2) is 53.3 Å². The van der Waals surface area contributed by atoms with Crippen molar-refractivity contribution in [1.82, 2.24) is 9.97 Å². The number of nitrogens with one attached hydrogen (secondary N) is 2. The second-order valence-corrected chi connectivity index (χ2v) is 7.53. The second-order valence-electron chi connectivity index (χ2n) is 6.67. The maximum Gasteiger partial charge on any atom is 0.488 e. The number of aromatic amines is 2. The summed E-state index contributed by atoms with van der Waals surface area (Å²) in [6.45, 7) is 0. The van der Waals surface area contributed by atoms with E-state index in [0.717, 1.165) is 15.9 Å². The average molecular weight is 559 g/mol. The van der Waals surface area contributed by atoms with Crippen LogP contribution in [0.4, 0.5) is 0 Å². The van der Waals surface area contributed by atoms with Crippen LogP contribution in [0.1, 0.15) is 35.6 Å². The van der Waals surface area contributed by atoms with Crippen molar-refractivity contribution in [1.29, 1.82) is 0 Å². The summed E-state index contributed by atoms with van der Waals surface area (Å²) in [6, 6.07) is 21.9. The summed E-state index contributed by atoms with van der Waals surface area (Å²) >= 11 is 3.17. The Labute approximate surface area is 220 Å². The fourth-order valence-corrected chi connectivity index (χ4v) is 3.00. The van der Waals surface area contributed by atoms with E-state index in [9.17, 15) is 9.59 Å². The molecule has 0 saturated heterocycles. The minimum atomic E-state index is -1.34. The minimum Gasteiger partial charge on any atom is -0.465 e. The van der Waals surface area contributed by atoms with Gasteiger partial charge in [0, 0.05) is 18.1 Å². The summed E-state index contributed by atoms with van der Waals surface area (Å²) < 4.78 is 9.87. The normalized spacial score (nSPS) is 9.03. The van der Waals surface area contributed by atoms with Gasteiger partial charge in [-0.2, -0.15) is 0 Å². The van der Waals surface area contributed by atoms with Gasteiger partial charge in [0.15, 0.2) is 0 Å². The number of rotatable bonds is 4. The van der Waals surface area contributed by atoms with Gasteiger partial charge in [-0.1, -0.05) is 75.5 Å². The zero-order chi connectivity index (χ0) is 24.9. The van der Waals surface area contributed by atoms with Crippen molar-refractivity contribution in [2.75, 3.05) is 14.2 Å². The van der Waals surface area contributed by atoms with E-state index < -0.39 is 7.12 Å². The van der Waals surface area contributed by atoms with Crippen molar-refractivity contribution in [2.45, 2.75) is 14.9 Å². The van der Waals surface area contributed by atoms with Gasteiger partial charge in [-0.25, -0.2) is 9.59 Å². The van der Waals surface area contributed by atoms with E-state index in [1.807, 2.05) is 36.4 Å². The Morgan fingerprint density at radius 1 is 0.778 bits per heavy atom. The number of hydrogen-bond donors (Lipinski definition) is 4. The molecule has 10 heteroatoms. The lowest BCUT2D eigenvalue weighted by Crippen LogP contribution is -2.29. The summed E-state index contributed by atoms with van der Waals surface area (Å²) in [4.78, 5) is 27.8. The molecule has 0 aliphatic heterocycles. The molecule has 2 aromatic carbocycles. The third-order valence-electron chi connectivity index (χ3n) is 4.36. The molecule has 192 valence electrons. The highest BCUT2D eigenvalue weighted by atomic mass is 79.9. The molecule has 4 rings (SSSR count). The molecule has 0 aliphatic rings. The van der Waals surface area contributed by atoms with E-state index in [2.05, 4.69) is 35.4 Å². The van der Waals surface area contributed by atoms with Crippen molar-refractivity contribution >= 4 is 40.4 Å². The Bertz CT molecular complexity index is 1160. The number of methoxy groups -OCH3 is 2. The van der Waals surface area contributed by atoms with Crippen LogP contribution in [0.2, 0.25) is 0 Å². The highest BCUT2D eigenvalue weighted by Crippen LogP contribution is 2.18. The fourth-order valence-electron chi connectivity index (χ4n) is 2.64. The van der Waals surface area contributed by atoms with Crippen LogP contribution >= 0.6 is 15.9 Å². The van der Waals surface area contributed by atoms with Crippen LogP contribution in [0.25, 0.3) is 11.3 Å². The molecule has 4 aromatic rings. The number of aromatic nitrogens is 2. The molecule has 2 heterocycles. The van der Waals surface area contributed by atoms with Gasteiger partial charge in [0.25, 0.3) is 0 Å². The van der Waals surface area contributed by atoms with Crippen molar-refractivity contribution in [2.24, 2.45) is 0 Å². The molecule has 36 heavy (non-hydrogen) atoms. The summed E-state index contributed by atoms with van der Waals surface area (Å²) in [5.74, 6) is -0.657. The first-order chi connectivity index (χ1) is 16.3. The topological polar surface area (TPSA) is 125 Å². The quantitative estimate of drug-likeness (QED) is 0.213. The van der Waals surface area contributed by atoms with Gasteiger partial charge in [0.1, 0.15) is 0 Å². The Kier molecular flexibility index (Phi) is 15.2. The molecule has 0 fully saturated rings. The monoisotopic (exact) mass is 558 g/mol. The molecule has 0 spiro atoms. The van der Waals surface area contributed by atoms with Gasteiger partial charge in [0.2, 0.25) is 0 Å². The first kappa shape index (κ1) is 32.4. The predicted octanol–water partition coefficient (Wildman–Crippen LogP) is 4.67. The molecule has 0 amide bonds. The average Bonchev–Trinajstić information content (AvgIpc) is 3.55. The molecule has 8 nitrogen and oxygen atoms in total. The van der Waals surface area contributed by atoms with Gasteiger partial charge in [0.05, 0.1) is 29.9 Å². The Hall–Kier alpha value is -3.60. The highest BCUT2D eigenvalue weighted by molar-refractivity contribution is 9.10. The fraction of sp³-hybridized carbons (Fsp3) is 0.154. The number of carbonyl (C=O) groups excluding carboxylic acids is 2. The molecule has 0 bridgehead atoms. The van der Waals surface area contributed by atoms with Gasteiger partial charge >= 0.3 is 19.1 Å². The van der Waals surface area contributed by atoms with E-state index in [1.54, 1.807) is 48.8 Å². The molecule has 0 radical (unpaired) electrons. The molecule has 2 aromatic heterocycles. The van der Waals surface area contributed by atoms with Crippen molar-refractivity contribution < 1.29 is 29.1 Å². The molecule has 0 aliphatic carbocycles. The van der Waals surface area contributed by atoms with Crippen molar-refractivity contribution in [3.8, 4) is 11.3 Å². The minimum absolute atomic E-state index is 0. The van der Waals surface area contributed by atoms with Gasteiger partial charge in [-0.3, -0.25) is 0 Å². The van der Waals surface area contributed by atoms with Gasteiger partial charge in [-0.15, -0.1) is 0 Å². The lowest BCUT2D eigenvalue weighted by Gasteiger charge is -1.95. The summed E-state index contributed by atoms with van der Waals surface area (Å²) in [5.41, 5.74) is 3.55. The Balaban J connectivity index is 0.000000518. The van der Waals surface area contributed by atoms with Gasteiger partial charge in [-0.05, 0) is 39.1 Å². The molecule has 4 N–H and O–H groups in total. The Morgan fingerprint density at radius 2 is 1.25 bits per heavy atom. The molecular weight excluding hydrogens is 527 g/mol. The number of H-pyrrole nitrogens is 2. The third kappa shape index (κ3) is 10.3. The number of benzene rings is 2. The first-order valence-corrected chi connectivity index (χ1v) is 10.8. The summed E-state index contributed by atoms with van der Waals surface area (Å²) in [5, 5.41) is 17.2. The number of esters is 2. The molecule has 0 saturated carbocycles. The van der Waals surface area contributed by atoms with Crippen LogP contribution in [0.3, 0.4) is 0 Å². The standard InChI is InChI=1S/C12H11NO2.C6H7BO2.C6H6BrNO2.2CH4/c1-15-12(14)10-7-11(13-8-10)9-5-3-2-4-6-9;8-7(9)6-4-2-1-3-5-6;1-10-6(9)4-2-5(7)8-3-4;;/h2-8,13H,1H3;1-5,8-9H;2-3,8H,1H3;2*1H4. The van der Waals surface area contributed by atoms with E-state index in [-0.39, 0.29) is 26.8 Å². The van der Waals surface area contributed by atoms with Gasteiger partial charge < -0.3 is 29.5 Å². The number of hydrogen-bond acceptors (Lipinski definition) is 6. The van der Waals surface area contributed by atoms with Crippen molar-refractivity contribution in [3.05, 3.63) is 101 Å². The number of carbonyl (C=O) groups is 2. The van der Waals surface area contributed by atoms with E-state index in [4.69, 9.17) is 10.0 Å². The van der Waals surface area contributed by atoms with Crippen molar-refractivity contribution in [3.63, 3.8) is 0 Å². The largest absolute Gasteiger partial charge is 0.488 e. The van der Waals surface area contributed by atoms with Crippen LogP contribution < -0.4 is 5.46 Å². The van der Waals surface area contributed by atoms with Crippen LogP contribution in [0, 0.1) is 0 Å². The molecule has 0 atom stereocenters.